The van der Waals surface area contributed by atoms with Gasteiger partial charge in [0.25, 0.3) is 0 Å². The molecule has 0 saturated heterocycles. The van der Waals surface area contributed by atoms with Crippen LogP contribution in [0.25, 0.3) is 0 Å². The number of benzene rings is 1. The van der Waals surface area contributed by atoms with Gasteiger partial charge in [-0.05, 0) is 31.0 Å². The molecule has 0 aliphatic rings. The van der Waals surface area contributed by atoms with Gasteiger partial charge in [0.1, 0.15) is 0 Å². The highest BCUT2D eigenvalue weighted by molar-refractivity contribution is 5.27. The molecule has 0 saturated carbocycles. The molecule has 2 N–H and O–H groups in total. The lowest BCUT2D eigenvalue weighted by Crippen LogP contribution is -2.23. The van der Waals surface area contributed by atoms with Crippen LogP contribution < -0.4 is 5.73 Å². The summed E-state index contributed by atoms with van der Waals surface area (Å²) in [5.74, 6) is 0. The van der Waals surface area contributed by atoms with E-state index in [9.17, 15) is 0 Å². The van der Waals surface area contributed by atoms with Gasteiger partial charge < -0.3 is 15.4 Å². The Labute approximate surface area is 105 Å². The molecular formula is C14H24N2O. The summed E-state index contributed by atoms with van der Waals surface area (Å²) < 4.78 is 5.05. The Balaban J connectivity index is 2.33. The van der Waals surface area contributed by atoms with Crippen LogP contribution in [0.15, 0.2) is 24.3 Å². The van der Waals surface area contributed by atoms with E-state index >= 15 is 0 Å². The normalized spacial score (nSPS) is 11.1. The Kier molecular flexibility index (Phi) is 6.86. The SMILES string of the molecule is COCCCN(C)CCc1ccccc1CN. The van der Waals surface area contributed by atoms with Crippen molar-refractivity contribution in [3.8, 4) is 0 Å². The van der Waals surface area contributed by atoms with Crippen molar-refractivity contribution in [1.82, 2.24) is 4.90 Å². The van der Waals surface area contributed by atoms with Gasteiger partial charge in [0, 0.05) is 33.4 Å². The lowest BCUT2D eigenvalue weighted by Gasteiger charge is -2.17. The van der Waals surface area contributed by atoms with Crippen LogP contribution in [-0.2, 0) is 17.7 Å². The highest BCUT2D eigenvalue weighted by Crippen LogP contribution is 2.09. The number of hydrogen-bond donors (Lipinski definition) is 1. The van der Waals surface area contributed by atoms with Crippen molar-refractivity contribution in [2.24, 2.45) is 5.73 Å². The van der Waals surface area contributed by atoms with E-state index in [-0.39, 0.29) is 0 Å². The smallest absolute Gasteiger partial charge is 0.0474 e. The van der Waals surface area contributed by atoms with E-state index in [4.69, 9.17) is 10.5 Å². The number of nitrogens with two attached hydrogens (primary N) is 1. The summed E-state index contributed by atoms with van der Waals surface area (Å²) >= 11 is 0. The maximum absolute atomic E-state index is 5.73. The van der Waals surface area contributed by atoms with Crippen LogP contribution in [0.3, 0.4) is 0 Å². The van der Waals surface area contributed by atoms with Gasteiger partial charge in [-0.2, -0.15) is 0 Å². The number of hydrogen-bond acceptors (Lipinski definition) is 3. The second-order valence-electron chi connectivity index (χ2n) is 4.37. The van der Waals surface area contributed by atoms with Gasteiger partial charge in [-0.3, -0.25) is 0 Å². The molecule has 3 heteroatoms. The minimum atomic E-state index is 0.629. The maximum Gasteiger partial charge on any atom is 0.0474 e. The molecule has 3 nitrogen and oxygen atoms in total. The predicted octanol–water partition coefficient (Wildman–Crippen LogP) is 1.66. The monoisotopic (exact) mass is 236 g/mol. The molecule has 0 amide bonds. The van der Waals surface area contributed by atoms with Crippen LogP contribution >= 0.6 is 0 Å². The lowest BCUT2D eigenvalue weighted by atomic mass is 10.0. The summed E-state index contributed by atoms with van der Waals surface area (Å²) in [4.78, 5) is 2.34. The third-order valence-corrected chi connectivity index (χ3v) is 2.99. The minimum Gasteiger partial charge on any atom is -0.385 e. The van der Waals surface area contributed by atoms with Gasteiger partial charge in [-0.25, -0.2) is 0 Å². The number of nitrogens with zero attached hydrogens (tertiary/aromatic N) is 1. The fraction of sp³-hybridized carbons (Fsp3) is 0.571. The number of methoxy groups -OCH3 is 1. The first kappa shape index (κ1) is 14.2. The third-order valence-electron chi connectivity index (χ3n) is 2.99. The molecule has 0 radical (unpaired) electrons. The van der Waals surface area contributed by atoms with Crippen molar-refractivity contribution in [3.63, 3.8) is 0 Å². The van der Waals surface area contributed by atoms with Crippen LogP contribution in [0.1, 0.15) is 17.5 Å². The molecular weight excluding hydrogens is 212 g/mol. The molecule has 1 aromatic rings. The zero-order chi connectivity index (χ0) is 12.5. The maximum atomic E-state index is 5.73. The number of likely N-dealkylation sites (N-methyl/N-ethyl adjacent to an activating group) is 1. The molecule has 0 bridgehead atoms. The molecule has 0 unspecified atom stereocenters. The van der Waals surface area contributed by atoms with E-state index in [1.807, 2.05) is 6.07 Å². The molecule has 17 heavy (non-hydrogen) atoms. The van der Waals surface area contributed by atoms with Gasteiger partial charge in [0.2, 0.25) is 0 Å². The summed E-state index contributed by atoms with van der Waals surface area (Å²) in [6, 6.07) is 8.42. The second-order valence-corrected chi connectivity index (χ2v) is 4.37. The van der Waals surface area contributed by atoms with Crippen LogP contribution in [-0.4, -0.2) is 38.8 Å². The Bertz CT molecular complexity index is 315. The molecule has 96 valence electrons. The molecule has 0 atom stereocenters. The zero-order valence-electron chi connectivity index (χ0n) is 11.0. The standard InChI is InChI=1S/C14H24N2O/c1-16(9-5-11-17-2)10-8-13-6-3-4-7-14(13)12-15/h3-4,6-7H,5,8-12,15H2,1-2H3. The summed E-state index contributed by atoms with van der Waals surface area (Å²) in [5, 5.41) is 0. The van der Waals surface area contributed by atoms with Gasteiger partial charge in [0.05, 0.1) is 0 Å². The predicted molar refractivity (Wildman–Crippen MR) is 72.0 cm³/mol. The zero-order valence-corrected chi connectivity index (χ0v) is 11.0. The average Bonchev–Trinajstić information content (AvgIpc) is 2.37. The van der Waals surface area contributed by atoms with E-state index < -0.39 is 0 Å². The third kappa shape index (κ3) is 5.31. The summed E-state index contributed by atoms with van der Waals surface area (Å²) in [6.07, 6.45) is 2.16. The first-order valence-corrected chi connectivity index (χ1v) is 6.22. The van der Waals surface area contributed by atoms with Crippen LogP contribution in [0.4, 0.5) is 0 Å². The first-order valence-electron chi connectivity index (χ1n) is 6.22. The molecule has 0 aromatic heterocycles. The van der Waals surface area contributed by atoms with Crippen LogP contribution in [0.2, 0.25) is 0 Å². The number of rotatable bonds is 8. The molecule has 0 aliphatic carbocycles. The molecule has 1 rings (SSSR count). The molecule has 0 fully saturated rings. The van der Waals surface area contributed by atoms with E-state index in [0.29, 0.717) is 6.54 Å². The molecule has 0 heterocycles. The van der Waals surface area contributed by atoms with Gasteiger partial charge in [0.15, 0.2) is 0 Å². The lowest BCUT2D eigenvalue weighted by molar-refractivity contribution is 0.179. The Hall–Kier alpha value is -0.900. The molecule has 0 spiro atoms. The van der Waals surface area contributed by atoms with Crippen LogP contribution in [0.5, 0.6) is 0 Å². The highest BCUT2D eigenvalue weighted by atomic mass is 16.5. The second kappa shape index (κ2) is 8.23. The molecule has 1 aromatic carbocycles. The van der Waals surface area contributed by atoms with Gasteiger partial charge in [-0.15, -0.1) is 0 Å². The fourth-order valence-electron chi connectivity index (χ4n) is 1.90. The van der Waals surface area contributed by atoms with Crippen molar-refractivity contribution in [3.05, 3.63) is 35.4 Å². The minimum absolute atomic E-state index is 0.629. The fourth-order valence-corrected chi connectivity index (χ4v) is 1.90. The van der Waals surface area contributed by atoms with Crippen molar-refractivity contribution >= 4 is 0 Å². The Morgan fingerprint density at radius 1 is 1.18 bits per heavy atom. The average molecular weight is 236 g/mol. The summed E-state index contributed by atoms with van der Waals surface area (Å²) in [6.45, 7) is 3.62. The van der Waals surface area contributed by atoms with Crippen molar-refractivity contribution in [2.45, 2.75) is 19.4 Å². The van der Waals surface area contributed by atoms with Gasteiger partial charge in [-0.1, -0.05) is 24.3 Å². The largest absolute Gasteiger partial charge is 0.385 e. The van der Waals surface area contributed by atoms with Crippen LogP contribution in [0, 0.1) is 0 Å². The highest BCUT2D eigenvalue weighted by Gasteiger charge is 2.02. The number of ether oxygens (including phenoxy) is 1. The van der Waals surface area contributed by atoms with E-state index in [1.165, 1.54) is 11.1 Å². The quantitative estimate of drug-likeness (QED) is 0.698. The van der Waals surface area contributed by atoms with Crippen molar-refractivity contribution in [1.29, 1.82) is 0 Å². The van der Waals surface area contributed by atoms with Crippen molar-refractivity contribution in [2.75, 3.05) is 33.9 Å². The Morgan fingerprint density at radius 2 is 1.88 bits per heavy atom. The van der Waals surface area contributed by atoms with Crippen molar-refractivity contribution < 1.29 is 4.74 Å². The van der Waals surface area contributed by atoms with E-state index in [2.05, 4.69) is 30.1 Å². The summed E-state index contributed by atoms with van der Waals surface area (Å²) in [5.41, 5.74) is 8.36. The van der Waals surface area contributed by atoms with E-state index in [0.717, 1.165) is 32.5 Å². The Morgan fingerprint density at radius 3 is 2.53 bits per heavy atom. The molecule has 0 aliphatic heterocycles. The van der Waals surface area contributed by atoms with Gasteiger partial charge >= 0.3 is 0 Å². The summed E-state index contributed by atoms with van der Waals surface area (Å²) in [7, 11) is 3.90. The van der Waals surface area contributed by atoms with E-state index in [1.54, 1.807) is 7.11 Å². The topological polar surface area (TPSA) is 38.5 Å². The first-order chi connectivity index (χ1) is 8.27.